The fourth-order valence-electron chi connectivity index (χ4n) is 3.12. The van der Waals surface area contributed by atoms with Crippen LogP contribution < -0.4 is 4.90 Å². The zero-order valence-electron chi connectivity index (χ0n) is 15.0. The average molecular weight is 364 g/mol. The van der Waals surface area contributed by atoms with Crippen molar-refractivity contribution in [1.82, 2.24) is 15.2 Å². The van der Waals surface area contributed by atoms with Crippen molar-refractivity contribution in [2.45, 2.75) is 6.92 Å². The number of pyridine rings is 1. The second-order valence-corrected chi connectivity index (χ2v) is 6.32. The van der Waals surface area contributed by atoms with Crippen LogP contribution >= 0.6 is 0 Å². The minimum Gasteiger partial charge on any atom is -0.426 e. The number of aromatic amines is 1. The van der Waals surface area contributed by atoms with Gasteiger partial charge < -0.3 is 14.4 Å². The van der Waals surface area contributed by atoms with Crippen molar-refractivity contribution in [1.29, 1.82) is 10.8 Å². The van der Waals surface area contributed by atoms with E-state index in [1.807, 2.05) is 24.3 Å². The van der Waals surface area contributed by atoms with E-state index < -0.39 is 0 Å². The number of anilines is 1. The lowest BCUT2D eigenvalue weighted by atomic mass is 10.1. The van der Waals surface area contributed by atoms with Gasteiger partial charge in [-0.25, -0.2) is 4.98 Å². The molecule has 138 valence electrons. The number of H-pyrrole nitrogens is 1. The van der Waals surface area contributed by atoms with E-state index in [1.165, 1.54) is 6.92 Å². The highest BCUT2D eigenvalue weighted by molar-refractivity contribution is 6.03. The predicted octanol–water partition coefficient (Wildman–Crippen LogP) is 2.80. The van der Waals surface area contributed by atoms with Crippen LogP contribution in [0.3, 0.4) is 0 Å². The molecule has 0 unspecified atom stereocenters. The lowest BCUT2D eigenvalue weighted by Crippen LogP contribution is -2.36. The third-order valence-electron chi connectivity index (χ3n) is 4.43. The summed E-state index contributed by atoms with van der Waals surface area (Å²) in [6.45, 7) is 4.55. The molecule has 0 saturated carbocycles. The van der Waals surface area contributed by atoms with E-state index in [4.69, 9.17) is 20.3 Å². The van der Waals surface area contributed by atoms with Crippen molar-refractivity contribution in [2.75, 3.05) is 31.2 Å². The van der Waals surface area contributed by atoms with Crippen LogP contribution in [-0.4, -0.2) is 53.3 Å². The number of morpholine rings is 1. The maximum absolute atomic E-state index is 8.01. The van der Waals surface area contributed by atoms with E-state index >= 15 is 0 Å². The first kappa shape index (κ1) is 17.2. The second-order valence-electron chi connectivity index (χ2n) is 6.32. The van der Waals surface area contributed by atoms with Crippen LogP contribution in [0.1, 0.15) is 12.5 Å². The van der Waals surface area contributed by atoms with Gasteiger partial charge in [0.15, 0.2) is 5.90 Å². The molecule has 3 heterocycles. The van der Waals surface area contributed by atoms with Gasteiger partial charge in [0.2, 0.25) is 5.90 Å². The maximum Gasteiger partial charge on any atom is 0.220 e. The Morgan fingerprint density at radius 1 is 1.19 bits per heavy atom. The summed E-state index contributed by atoms with van der Waals surface area (Å²) in [5, 5.41) is 23.8. The summed E-state index contributed by atoms with van der Waals surface area (Å²) in [4.78, 5) is 6.68. The van der Waals surface area contributed by atoms with Gasteiger partial charge in [0.25, 0.3) is 0 Å². The van der Waals surface area contributed by atoms with Crippen LogP contribution in [0.5, 0.6) is 0 Å². The zero-order chi connectivity index (χ0) is 18.8. The minimum atomic E-state index is -0.0553. The molecule has 3 N–H and O–H groups in total. The quantitative estimate of drug-likeness (QED) is 0.489. The molecule has 2 aromatic heterocycles. The number of nitrogens with zero attached hydrogens (tertiary/aromatic N) is 3. The first-order valence-corrected chi connectivity index (χ1v) is 8.71. The SMILES string of the molecule is CC(=N)OC(=N)c1ccc2[nH]nc(-c3ccnc(N4CCOCC4)c3)c2c1. The lowest BCUT2D eigenvalue weighted by molar-refractivity contribution is 0.122. The molecule has 1 aliphatic rings. The molecule has 4 rings (SSSR count). The molecule has 8 heteroatoms. The van der Waals surface area contributed by atoms with Gasteiger partial charge in [-0.05, 0) is 30.3 Å². The monoisotopic (exact) mass is 364 g/mol. The topological polar surface area (TPSA) is 111 Å². The highest BCUT2D eigenvalue weighted by atomic mass is 16.5. The van der Waals surface area contributed by atoms with E-state index in [-0.39, 0.29) is 11.8 Å². The van der Waals surface area contributed by atoms with E-state index in [1.54, 1.807) is 12.3 Å². The zero-order valence-corrected chi connectivity index (χ0v) is 15.0. The first-order valence-electron chi connectivity index (χ1n) is 8.71. The van der Waals surface area contributed by atoms with E-state index in [2.05, 4.69) is 20.1 Å². The second kappa shape index (κ2) is 7.16. The van der Waals surface area contributed by atoms with Gasteiger partial charge in [-0.2, -0.15) is 5.10 Å². The van der Waals surface area contributed by atoms with Gasteiger partial charge in [-0.15, -0.1) is 0 Å². The van der Waals surface area contributed by atoms with Crippen LogP contribution in [-0.2, 0) is 9.47 Å². The summed E-state index contributed by atoms with van der Waals surface area (Å²) in [6, 6.07) is 9.45. The molecule has 0 radical (unpaired) electrons. The van der Waals surface area contributed by atoms with Gasteiger partial charge >= 0.3 is 0 Å². The van der Waals surface area contributed by atoms with Crippen molar-refractivity contribution < 1.29 is 9.47 Å². The molecule has 0 spiro atoms. The molecular formula is C19H20N6O2. The number of benzene rings is 1. The Hall–Kier alpha value is -3.26. The van der Waals surface area contributed by atoms with Crippen molar-refractivity contribution >= 4 is 28.5 Å². The molecular weight excluding hydrogens is 344 g/mol. The smallest absolute Gasteiger partial charge is 0.220 e. The number of hydrogen-bond donors (Lipinski definition) is 3. The standard InChI is InChI=1S/C19H20N6O2/c1-12(20)27-19(21)14-2-3-16-15(10-14)18(24-23-16)13-4-5-22-17(11-13)25-6-8-26-9-7-25/h2-5,10-11,20-21H,6-9H2,1H3,(H,23,24). The maximum atomic E-state index is 8.01. The van der Waals surface area contributed by atoms with Gasteiger partial charge in [-0.3, -0.25) is 15.9 Å². The van der Waals surface area contributed by atoms with E-state index in [0.717, 1.165) is 41.1 Å². The summed E-state index contributed by atoms with van der Waals surface area (Å²) in [7, 11) is 0. The van der Waals surface area contributed by atoms with Crippen LogP contribution in [0.2, 0.25) is 0 Å². The molecule has 1 fully saturated rings. The number of fused-ring (bicyclic) bond motifs is 1. The van der Waals surface area contributed by atoms with Gasteiger partial charge in [-0.1, -0.05) is 0 Å². The van der Waals surface area contributed by atoms with E-state index in [9.17, 15) is 0 Å². The highest BCUT2D eigenvalue weighted by Crippen LogP contribution is 2.29. The summed E-state index contributed by atoms with van der Waals surface area (Å²) in [6.07, 6.45) is 1.79. The third-order valence-corrected chi connectivity index (χ3v) is 4.43. The number of nitrogens with one attached hydrogen (secondary N) is 3. The molecule has 0 aliphatic carbocycles. The molecule has 8 nitrogen and oxygen atoms in total. The Kier molecular flexibility index (Phi) is 4.55. The summed E-state index contributed by atoms with van der Waals surface area (Å²) in [5.41, 5.74) is 3.21. The van der Waals surface area contributed by atoms with Gasteiger partial charge in [0.1, 0.15) is 11.5 Å². The third kappa shape index (κ3) is 3.52. The fraction of sp³-hybridized carbons (Fsp3) is 0.263. The molecule has 0 bridgehead atoms. The van der Waals surface area contributed by atoms with E-state index in [0.29, 0.717) is 18.8 Å². The summed E-state index contributed by atoms with van der Waals surface area (Å²) in [5.74, 6) is 0.829. The highest BCUT2D eigenvalue weighted by Gasteiger charge is 2.16. The van der Waals surface area contributed by atoms with Crippen LogP contribution in [0, 0.1) is 10.8 Å². The Labute approximate surface area is 156 Å². The number of rotatable bonds is 3. The number of ether oxygens (including phenoxy) is 2. The normalized spacial score (nSPS) is 14.3. The fourth-order valence-corrected chi connectivity index (χ4v) is 3.12. The Balaban J connectivity index is 1.71. The predicted molar refractivity (Wildman–Crippen MR) is 104 cm³/mol. The lowest BCUT2D eigenvalue weighted by Gasteiger charge is -2.27. The Bertz CT molecular complexity index is 1010. The van der Waals surface area contributed by atoms with Crippen molar-refractivity contribution in [2.24, 2.45) is 0 Å². The number of hydrogen-bond acceptors (Lipinski definition) is 7. The molecule has 0 amide bonds. The summed E-state index contributed by atoms with van der Waals surface area (Å²) < 4.78 is 10.5. The van der Waals surface area contributed by atoms with Crippen LogP contribution in [0.25, 0.3) is 22.2 Å². The molecule has 1 aromatic carbocycles. The van der Waals surface area contributed by atoms with Crippen molar-refractivity contribution in [3.63, 3.8) is 0 Å². The first-order chi connectivity index (χ1) is 13.1. The Morgan fingerprint density at radius 2 is 2.00 bits per heavy atom. The van der Waals surface area contributed by atoms with Crippen molar-refractivity contribution in [3.05, 3.63) is 42.1 Å². The largest absolute Gasteiger partial charge is 0.426 e. The van der Waals surface area contributed by atoms with Crippen molar-refractivity contribution in [3.8, 4) is 11.3 Å². The molecule has 3 aromatic rings. The molecule has 1 saturated heterocycles. The minimum absolute atomic E-state index is 0.0169. The molecule has 1 aliphatic heterocycles. The number of aromatic nitrogens is 3. The van der Waals surface area contributed by atoms with Crippen LogP contribution in [0.15, 0.2) is 36.5 Å². The van der Waals surface area contributed by atoms with Crippen LogP contribution in [0.4, 0.5) is 5.82 Å². The average Bonchev–Trinajstić information content (AvgIpc) is 3.11. The summed E-state index contributed by atoms with van der Waals surface area (Å²) >= 11 is 0. The molecule has 0 atom stereocenters. The molecule has 27 heavy (non-hydrogen) atoms. The van der Waals surface area contributed by atoms with Gasteiger partial charge in [0, 0.05) is 42.7 Å². The Morgan fingerprint density at radius 3 is 2.78 bits per heavy atom. The van der Waals surface area contributed by atoms with Gasteiger partial charge in [0.05, 0.1) is 18.7 Å².